The van der Waals surface area contributed by atoms with Crippen LogP contribution >= 0.6 is 15.9 Å². The molecule has 0 N–H and O–H groups in total. The fourth-order valence-electron chi connectivity index (χ4n) is 1.96. The van der Waals surface area contributed by atoms with Crippen molar-refractivity contribution < 1.29 is 9.66 Å². The molecular formula is C11H14BrN3O3. The Morgan fingerprint density at radius 2 is 2.50 bits per heavy atom. The van der Waals surface area contributed by atoms with Gasteiger partial charge < -0.3 is 9.64 Å². The average molecular weight is 316 g/mol. The van der Waals surface area contributed by atoms with Crippen molar-refractivity contribution in [3.63, 3.8) is 0 Å². The number of anilines is 1. The Morgan fingerprint density at radius 3 is 3.17 bits per heavy atom. The predicted octanol–water partition coefficient (Wildman–Crippen LogP) is 2.37. The molecule has 6 nitrogen and oxygen atoms in total. The first-order valence-electron chi connectivity index (χ1n) is 5.78. The van der Waals surface area contributed by atoms with Crippen LogP contribution in [0.2, 0.25) is 0 Å². The zero-order valence-corrected chi connectivity index (χ0v) is 11.6. The number of halogens is 1. The van der Waals surface area contributed by atoms with Crippen molar-refractivity contribution in [1.29, 1.82) is 0 Å². The highest BCUT2D eigenvalue weighted by molar-refractivity contribution is 9.10. The summed E-state index contributed by atoms with van der Waals surface area (Å²) in [5.74, 6) is 0.421. The fraction of sp³-hybridized carbons (Fsp3) is 0.545. The van der Waals surface area contributed by atoms with Crippen LogP contribution in [-0.2, 0) is 4.74 Å². The van der Waals surface area contributed by atoms with E-state index in [-0.39, 0.29) is 11.8 Å². The predicted molar refractivity (Wildman–Crippen MR) is 70.8 cm³/mol. The summed E-state index contributed by atoms with van der Waals surface area (Å²) in [6, 6.07) is 1.48. The summed E-state index contributed by atoms with van der Waals surface area (Å²) < 4.78 is 6.16. The first-order chi connectivity index (χ1) is 8.61. The van der Waals surface area contributed by atoms with E-state index in [4.69, 9.17) is 4.74 Å². The maximum atomic E-state index is 11.1. The minimum atomic E-state index is -0.399. The van der Waals surface area contributed by atoms with Gasteiger partial charge in [0.2, 0.25) is 5.82 Å². The van der Waals surface area contributed by atoms with Gasteiger partial charge in [0.15, 0.2) is 0 Å². The van der Waals surface area contributed by atoms with Crippen molar-refractivity contribution in [1.82, 2.24) is 4.98 Å². The van der Waals surface area contributed by atoms with E-state index in [0.717, 1.165) is 6.42 Å². The molecule has 0 bridgehead atoms. The third kappa shape index (κ3) is 2.78. The molecule has 1 aromatic rings. The minimum absolute atomic E-state index is 0.0288. The van der Waals surface area contributed by atoms with Gasteiger partial charge in [0.25, 0.3) is 0 Å². The number of nitrogens with zero attached hydrogens (tertiary/aromatic N) is 3. The van der Waals surface area contributed by atoms with Gasteiger partial charge in [0, 0.05) is 29.8 Å². The van der Waals surface area contributed by atoms with Gasteiger partial charge in [-0.25, -0.2) is 4.98 Å². The fourth-order valence-corrected chi connectivity index (χ4v) is 2.28. The van der Waals surface area contributed by atoms with Crippen LogP contribution in [-0.4, -0.2) is 35.7 Å². The zero-order chi connectivity index (χ0) is 13.1. The smallest absolute Gasteiger partial charge is 0.312 e. The molecule has 0 saturated carbocycles. The minimum Gasteiger partial charge on any atom is -0.375 e. The Bertz CT molecular complexity index is 455. The standard InChI is InChI=1S/C11H14BrN3O3/c1-2-9-7-14(3-4-18-9)11-10(15(16)17)5-8(12)6-13-11/h5-6,9H,2-4,7H2,1H3. The second kappa shape index (κ2) is 5.62. The van der Waals surface area contributed by atoms with Crippen LogP contribution in [0.5, 0.6) is 0 Å². The Morgan fingerprint density at radius 1 is 1.72 bits per heavy atom. The number of hydrogen-bond donors (Lipinski definition) is 0. The van der Waals surface area contributed by atoms with Crippen LogP contribution in [0.4, 0.5) is 11.5 Å². The maximum Gasteiger partial charge on any atom is 0.312 e. The number of morpholine rings is 1. The highest BCUT2D eigenvalue weighted by Crippen LogP contribution is 2.29. The molecule has 7 heteroatoms. The molecule has 2 rings (SSSR count). The molecule has 1 saturated heterocycles. The van der Waals surface area contributed by atoms with Crippen molar-refractivity contribution in [3.8, 4) is 0 Å². The van der Waals surface area contributed by atoms with E-state index in [0.29, 0.717) is 30.0 Å². The molecule has 1 atom stereocenters. The monoisotopic (exact) mass is 315 g/mol. The Kier molecular flexibility index (Phi) is 4.13. The third-order valence-corrected chi connectivity index (χ3v) is 3.34. The summed E-state index contributed by atoms with van der Waals surface area (Å²) in [6.07, 6.45) is 2.59. The van der Waals surface area contributed by atoms with Crippen LogP contribution in [0.15, 0.2) is 16.7 Å². The van der Waals surface area contributed by atoms with Crippen LogP contribution in [0.3, 0.4) is 0 Å². The van der Waals surface area contributed by atoms with E-state index >= 15 is 0 Å². The number of hydrogen-bond acceptors (Lipinski definition) is 5. The molecule has 0 spiro atoms. The van der Waals surface area contributed by atoms with E-state index in [1.54, 1.807) is 6.20 Å². The van der Waals surface area contributed by atoms with Crippen molar-refractivity contribution in [2.24, 2.45) is 0 Å². The van der Waals surface area contributed by atoms with Gasteiger partial charge in [-0.15, -0.1) is 0 Å². The lowest BCUT2D eigenvalue weighted by Gasteiger charge is -2.32. The lowest BCUT2D eigenvalue weighted by Crippen LogP contribution is -2.42. The molecule has 98 valence electrons. The number of ether oxygens (including phenoxy) is 1. The van der Waals surface area contributed by atoms with Gasteiger partial charge >= 0.3 is 5.69 Å². The number of pyridine rings is 1. The summed E-state index contributed by atoms with van der Waals surface area (Å²) in [5, 5.41) is 11.1. The topological polar surface area (TPSA) is 68.5 Å². The Hall–Kier alpha value is -1.21. The second-order valence-corrected chi connectivity index (χ2v) is 5.02. The van der Waals surface area contributed by atoms with E-state index in [1.165, 1.54) is 6.07 Å². The van der Waals surface area contributed by atoms with E-state index in [9.17, 15) is 10.1 Å². The molecule has 0 aliphatic carbocycles. The highest BCUT2D eigenvalue weighted by Gasteiger charge is 2.26. The first-order valence-corrected chi connectivity index (χ1v) is 6.57. The van der Waals surface area contributed by atoms with Crippen LogP contribution in [0.25, 0.3) is 0 Å². The molecular weight excluding hydrogens is 302 g/mol. The van der Waals surface area contributed by atoms with Gasteiger partial charge in [-0.1, -0.05) is 6.92 Å². The van der Waals surface area contributed by atoms with Gasteiger partial charge in [0.1, 0.15) is 0 Å². The van der Waals surface area contributed by atoms with Gasteiger partial charge in [-0.3, -0.25) is 10.1 Å². The molecule has 1 fully saturated rings. The number of rotatable bonds is 3. The van der Waals surface area contributed by atoms with E-state index < -0.39 is 4.92 Å². The maximum absolute atomic E-state index is 11.1. The zero-order valence-electron chi connectivity index (χ0n) is 10.0. The first kappa shape index (κ1) is 13.2. The summed E-state index contributed by atoms with van der Waals surface area (Å²) in [6.45, 7) is 3.89. The Labute approximate surface area is 113 Å². The van der Waals surface area contributed by atoms with Crippen LogP contribution < -0.4 is 4.90 Å². The SMILES string of the molecule is CCC1CN(c2ncc(Br)cc2[N+](=O)[O-])CCO1. The molecule has 1 aromatic heterocycles. The molecule has 1 aliphatic heterocycles. The molecule has 0 aromatic carbocycles. The molecule has 1 unspecified atom stereocenters. The molecule has 0 radical (unpaired) electrons. The van der Waals surface area contributed by atoms with Gasteiger partial charge in [-0.2, -0.15) is 0 Å². The molecule has 2 heterocycles. The Balaban J connectivity index is 2.29. The lowest BCUT2D eigenvalue weighted by molar-refractivity contribution is -0.384. The summed E-state index contributed by atoms with van der Waals surface area (Å²) in [7, 11) is 0. The lowest BCUT2D eigenvalue weighted by atomic mass is 10.2. The summed E-state index contributed by atoms with van der Waals surface area (Å²) >= 11 is 3.20. The van der Waals surface area contributed by atoms with E-state index in [1.807, 2.05) is 11.8 Å². The number of nitro groups is 1. The van der Waals surface area contributed by atoms with Crippen LogP contribution in [0, 0.1) is 10.1 Å². The van der Waals surface area contributed by atoms with Crippen molar-refractivity contribution in [2.45, 2.75) is 19.4 Å². The molecule has 1 aliphatic rings. The van der Waals surface area contributed by atoms with Crippen molar-refractivity contribution in [2.75, 3.05) is 24.6 Å². The van der Waals surface area contributed by atoms with Gasteiger partial charge in [0.05, 0.1) is 17.6 Å². The average Bonchev–Trinajstić information content (AvgIpc) is 2.38. The van der Waals surface area contributed by atoms with Gasteiger partial charge in [-0.05, 0) is 22.4 Å². The largest absolute Gasteiger partial charge is 0.375 e. The molecule has 0 amide bonds. The van der Waals surface area contributed by atoms with Crippen molar-refractivity contribution >= 4 is 27.4 Å². The molecule has 18 heavy (non-hydrogen) atoms. The third-order valence-electron chi connectivity index (χ3n) is 2.90. The van der Waals surface area contributed by atoms with Crippen LogP contribution in [0.1, 0.15) is 13.3 Å². The quantitative estimate of drug-likeness (QED) is 0.632. The van der Waals surface area contributed by atoms with Crippen molar-refractivity contribution in [3.05, 3.63) is 26.9 Å². The number of aromatic nitrogens is 1. The highest BCUT2D eigenvalue weighted by atomic mass is 79.9. The van der Waals surface area contributed by atoms with E-state index in [2.05, 4.69) is 20.9 Å². The normalized spacial score (nSPS) is 19.9. The summed E-state index contributed by atoms with van der Waals surface area (Å²) in [5.41, 5.74) is 0.0288. The summed E-state index contributed by atoms with van der Waals surface area (Å²) in [4.78, 5) is 16.7. The second-order valence-electron chi connectivity index (χ2n) is 4.10.